The third-order valence-electron chi connectivity index (χ3n) is 0.742. The third kappa shape index (κ3) is 11.6. The molecule has 0 spiro atoms. The SMILES string of the molecule is C[n+]1cccnc1.F[B-](F)(F)F. The molecule has 0 fully saturated rings. The molecule has 1 heterocycles. The van der Waals surface area contributed by atoms with Crippen molar-refractivity contribution in [2.45, 2.75) is 0 Å². The fourth-order valence-electron chi connectivity index (χ4n) is 0.406. The minimum Gasteiger partial charge on any atom is -0.418 e. The molecule has 1 aromatic rings. The Balaban J connectivity index is 0.000000217. The smallest absolute Gasteiger partial charge is 0.418 e. The standard InChI is InChI=1S/C5H7N2.BF4/c1-7-4-2-3-6-5-7;2-1(3,4)5/h2-5H,1H3;/q+1;-1. The zero-order valence-electron chi connectivity index (χ0n) is 6.29. The van der Waals surface area contributed by atoms with Crippen molar-refractivity contribution in [2.75, 3.05) is 0 Å². The Morgan fingerprint density at radius 3 is 1.92 bits per heavy atom. The van der Waals surface area contributed by atoms with Crippen LogP contribution in [0.15, 0.2) is 24.8 Å². The minimum atomic E-state index is -6.00. The van der Waals surface area contributed by atoms with Crippen LogP contribution in [0.1, 0.15) is 0 Å². The molecular weight excluding hydrogens is 175 g/mol. The van der Waals surface area contributed by atoms with Crippen LogP contribution in [0, 0.1) is 0 Å². The third-order valence-corrected chi connectivity index (χ3v) is 0.742. The van der Waals surface area contributed by atoms with E-state index in [0.717, 1.165) is 0 Å². The molecule has 0 bridgehead atoms. The highest BCUT2D eigenvalue weighted by Gasteiger charge is 2.20. The molecule has 1 rings (SSSR count). The van der Waals surface area contributed by atoms with Gasteiger partial charge in [-0.1, -0.05) is 4.98 Å². The van der Waals surface area contributed by atoms with Crippen molar-refractivity contribution < 1.29 is 21.8 Å². The van der Waals surface area contributed by atoms with Crippen molar-refractivity contribution in [3.63, 3.8) is 0 Å². The average molecular weight is 182 g/mol. The molecule has 68 valence electrons. The fourth-order valence-corrected chi connectivity index (χ4v) is 0.406. The predicted octanol–water partition coefficient (Wildman–Crippen LogP) is 1.21. The number of hydrogen-bond donors (Lipinski definition) is 0. The summed E-state index contributed by atoms with van der Waals surface area (Å²) in [6, 6.07) is 1.89. The first-order valence-electron chi connectivity index (χ1n) is 3.02. The van der Waals surface area contributed by atoms with E-state index in [1.165, 1.54) is 0 Å². The quantitative estimate of drug-likeness (QED) is 0.334. The molecule has 1 aromatic heterocycles. The van der Waals surface area contributed by atoms with Crippen LogP contribution in [0.2, 0.25) is 0 Å². The van der Waals surface area contributed by atoms with Crippen LogP contribution in [0.25, 0.3) is 0 Å². The van der Waals surface area contributed by atoms with Crippen molar-refractivity contribution in [3.8, 4) is 0 Å². The van der Waals surface area contributed by atoms with Gasteiger partial charge in [-0.2, -0.15) is 0 Å². The van der Waals surface area contributed by atoms with E-state index in [2.05, 4.69) is 4.98 Å². The summed E-state index contributed by atoms with van der Waals surface area (Å²) in [4.78, 5) is 3.85. The monoisotopic (exact) mass is 182 g/mol. The topological polar surface area (TPSA) is 16.8 Å². The van der Waals surface area contributed by atoms with Crippen molar-refractivity contribution in [2.24, 2.45) is 7.05 Å². The second-order valence-electron chi connectivity index (χ2n) is 1.92. The van der Waals surface area contributed by atoms with E-state index >= 15 is 0 Å². The molecular formula is C5H7BF4N2. The molecule has 0 radical (unpaired) electrons. The summed E-state index contributed by atoms with van der Waals surface area (Å²) in [7, 11) is -4.06. The Hall–Kier alpha value is -1.14. The van der Waals surface area contributed by atoms with Gasteiger partial charge in [0.2, 0.25) is 0 Å². The summed E-state index contributed by atoms with van der Waals surface area (Å²) >= 11 is 0. The van der Waals surface area contributed by atoms with E-state index < -0.39 is 7.25 Å². The van der Waals surface area contributed by atoms with Gasteiger partial charge in [-0.15, -0.1) is 0 Å². The maximum atomic E-state index is 9.75. The van der Waals surface area contributed by atoms with E-state index in [1.54, 1.807) is 12.5 Å². The van der Waals surface area contributed by atoms with E-state index in [4.69, 9.17) is 0 Å². The summed E-state index contributed by atoms with van der Waals surface area (Å²) in [5, 5.41) is 0. The second kappa shape index (κ2) is 4.68. The number of halogens is 4. The van der Waals surface area contributed by atoms with Gasteiger partial charge in [-0.25, -0.2) is 4.57 Å². The molecule has 0 aliphatic carbocycles. The zero-order chi connectivity index (χ0) is 9.61. The second-order valence-corrected chi connectivity index (χ2v) is 1.92. The van der Waals surface area contributed by atoms with Gasteiger partial charge in [-0.3, -0.25) is 0 Å². The predicted molar refractivity (Wildman–Crippen MR) is 35.6 cm³/mol. The maximum absolute atomic E-state index is 9.75. The van der Waals surface area contributed by atoms with Gasteiger partial charge in [0, 0.05) is 6.07 Å². The number of rotatable bonds is 0. The van der Waals surface area contributed by atoms with Crippen LogP contribution < -0.4 is 4.57 Å². The minimum absolute atomic E-state index is 1.75. The van der Waals surface area contributed by atoms with Crippen molar-refractivity contribution >= 4 is 7.25 Å². The highest BCUT2D eigenvalue weighted by molar-refractivity contribution is 6.50. The molecule has 0 saturated heterocycles. The molecule has 0 unspecified atom stereocenters. The Morgan fingerprint density at radius 1 is 1.25 bits per heavy atom. The van der Waals surface area contributed by atoms with Crippen LogP contribution in [0.5, 0.6) is 0 Å². The Labute approximate surface area is 67.0 Å². The maximum Gasteiger partial charge on any atom is 0.673 e. The molecule has 12 heavy (non-hydrogen) atoms. The van der Waals surface area contributed by atoms with Crippen LogP contribution in [0.4, 0.5) is 17.3 Å². The van der Waals surface area contributed by atoms with Gasteiger partial charge in [-0.05, 0) is 0 Å². The molecule has 0 aromatic carbocycles. The first-order chi connectivity index (χ1) is 5.39. The van der Waals surface area contributed by atoms with Gasteiger partial charge in [0.15, 0.2) is 0 Å². The Morgan fingerprint density at radius 2 is 1.75 bits per heavy atom. The first kappa shape index (κ1) is 10.9. The molecule has 7 heteroatoms. The summed E-state index contributed by atoms with van der Waals surface area (Å²) in [6.07, 6.45) is 5.44. The van der Waals surface area contributed by atoms with Crippen molar-refractivity contribution in [1.29, 1.82) is 0 Å². The molecule has 0 atom stereocenters. The van der Waals surface area contributed by atoms with Gasteiger partial charge < -0.3 is 17.3 Å². The first-order valence-corrected chi connectivity index (χ1v) is 3.02. The summed E-state index contributed by atoms with van der Waals surface area (Å²) in [5.74, 6) is 0. The molecule has 2 nitrogen and oxygen atoms in total. The van der Waals surface area contributed by atoms with E-state index in [0.29, 0.717) is 0 Å². The normalized spacial score (nSPS) is 10.1. The number of nitrogens with zero attached hydrogens (tertiary/aromatic N) is 2. The highest BCUT2D eigenvalue weighted by Crippen LogP contribution is 2.06. The number of hydrogen-bond acceptors (Lipinski definition) is 1. The molecule has 0 amide bonds. The van der Waals surface area contributed by atoms with Crippen molar-refractivity contribution in [3.05, 3.63) is 24.8 Å². The Bertz CT molecular complexity index is 206. The van der Waals surface area contributed by atoms with Crippen LogP contribution in [-0.4, -0.2) is 12.2 Å². The van der Waals surface area contributed by atoms with Gasteiger partial charge in [0.1, 0.15) is 6.20 Å². The highest BCUT2D eigenvalue weighted by atomic mass is 19.5. The lowest BCUT2D eigenvalue weighted by molar-refractivity contribution is -0.674. The number of aromatic nitrogens is 2. The molecule has 0 saturated carbocycles. The summed E-state index contributed by atoms with van der Waals surface area (Å²) in [6.45, 7) is 0. The van der Waals surface area contributed by atoms with E-state index in [9.17, 15) is 17.3 Å². The Kier molecular flexibility index (Phi) is 4.24. The van der Waals surface area contributed by atoms with Gasteiger partial charge in [0.05, 0.1) is 13.2 Å². The lowest BCUT2D eigenvalue weighted by Gasteiger charge is -1.94. The lowest BCUT2D eigenvalue weighted by atomic mass is 10.3. The van der Waals surface area contributed by atoms with Gasteiger partial charge in [0.25, 0.3) is 6.33 Å². The zero-order valence-corrected chi connectivity index (χ0v) is 6.29. The van der Waals surface area contributed by atoms with Crippen molar-refractivity contribution in [1.82, 2.24) is 4.98 Å². The molecule has 0 N–H and O–H groups in total. The average Bonchev–Trinajstić information content (AvgIpc) is 1.85. The van der Waals surface area contributed by atoms with Crippen LogP contribution in [0.3, 0.4) is 0 Å². The lowest BCUT2D eigenvalue weighted by Crippen LogP contribution is -2.26. The van der Waals surface area contributed by atoms with E-state index in [-0.39, 0.29) is 0 Å². The van der Waals surface area contributed by atoms with E-state index in [1.807, 2.05) is 23.9 Å². The largest absolute Gasteiger partial charge is 0.673 e. The van der Waals surface area contributed by atoms with Gasteiger partial charge >= 0.3 is 7.25 Å². The summed E-state index contributed by atoms with van der Waals surface area (Å²) in [5.41, 5.74) is 0. The van der Waals surface area contributed by atoms with Crippen LogP contribution in [-0.2, 0) is 7.05 Å². The molecule has 0 aliphatic rings. The fraction of sp³-hybridized carbons (Fsp3) is 0.200. The van der Waals surface area contributed by atoms with Crippen LogP contribution >= 0.6 is 0 Å². The molecule has 0 aliphatic heterocycles. The number of aryl methyl sites for hydroxylation is 1. The summed E-state index contributed by atoms with van der Waals surface area (Å²) < 4.78 is 40.9.